The predicted octanol–water partition coefficient (Wildman–Crippen LogP) is 5.50. The van der Waals surface area contributed by atoms with Crippen molar-refractivity contribution in [2.45, 2.75) is 38.4 Å². The summed E-state index contributed by atoms with van der Waals surface area (Å²) in [6, 6.07) is 15.0. The van der Waals surface area contributed by atoms with Crippen LogP contribution in [0.25, 0.3) is 16.8 Å². The van der Waals surface area contributed by atoms with Gasteiger partial charge in [0.05, 0.1) is 11.4 Å². The molecule has 1 fully saturated rings. The first-order chi connectivity index (χ1) is 15.9. The lowest BCUT2D eigenvalue weighted by molar-refractivity contribution is -0.141. The topological polar surface area (TPSA) is 46.3 Å². The van der Waals surface area contributed by atoms with Crippen LogP contribution in [0.1, 0.15) is 41.4 Å². The number of aryl methyl sites for hydroxylation is 1. The standard InChI is InChI=1S/C25H24F3N5/c1-17-23(19-9-11-29-22(14-19)25(26,27)28)24-30-12-10-21(33(24)31-17)20-8-5-13-32(16-20)15-18-6-3-2-4-7-18/h2-4,6-7,9-12,14,20H,5,8,13,15-16H2,1H3. The van der Waals surface area contributed by atoms with Crippen molar-refractivity contribution < 1.29 is 13.2 Å². The summed E-state index contributed by atoms with van der Waals surface area (Å²) in [5.41, 5.74) is 3.66. The second kappa shape index (κ2) is 8.59. The van der Waals surface area contributed by atoms with Crippen molar-refractivity contribution in [3.05, 3.63) is 83.6 Å². The van der Waals surface area contributed by atoms with Gasteiger partial charge in [0.2, 0.25) is 0 Å². The Bertz CT molecular complexity index is 1270. The number of fused-ring (bicyclic) bond motifs is 1. The second-order valence-electron chi connectivity index (χ2n) is 8.55. The highest BCUT2D eigenvalue weighted by Crippen LogP contribution is 2.35. The van der Waals surface area contributed by atoms with E-state index in [1.54, 1.807) is 12.3 Å². The average molecular weight is 451 g/mol. The number of likely N-dealkylation sites (tertiary alicyclic amines) is 1. The number of benzene rings is 1. The molecule has 170 valence electrons. The van der Waals surface area contributed by atoms with Crippen LogP contribution in [0, 0.1) is 6.92 Å². The first-order valence-corrected chi connectivity index (χ1v) is 11.0. The van der Waals surface area contributed by atoms with Crippen molar-refractivity contribution in [3.8, 4) is 11.1 Å². The monoisotopic (exact) mass is 451 g/mol. The van der Waals surface area contributed by atoms with Gasteiger partial charge in [-0.1, -0.05) is 30.3 Å². The van der Waals surface area contributed by atoms with Crippen molar-refractivity contribution >= 4 is 5.65 Å². The molecule has 0 saturated carbocycles. The lowest BCUT2D eigenvalue weighted by Gasteiger charge is -2.33. The van der Waals surface area contributed by atoms with Gasteiger partial charge in [-0.05, 0) is 55.6 Å². The van der Waals surface area contributed by atoms with Gasteiger partial charge in [0.1, 0.15) is 5.69 Å². The van der Waals surface area contributed by atoms with E-state index in [1.807, 2.05) is 23.6 Å². The fourth-order valence-corrected chi connectivity index (χ4v) is 4.74. The Balaban J connectivity index is 1.49. The van der Waals surface area contributed by atoms with Crippen LogP contribution in [0.3, 0.4) is 0 Å². The van der Waals surface area contributed by atoms with Gasteiger partial charge in [-0.3, -0.25) is 9.88 Å². The minimum absolute atomic E-state index is 0.267. The number of hydrogen-bond acceptors (Lipinski definition) is 4. The zero-order valence-corrected chi connectivity index (χ0v) is 18.3. The summed E-state index contributed by atoms with van der Waals surface area (Å²) in [6.45, 7) is 4.65. The van der Waals surface area contributed by atoms with E-state index in [9.17, 15) is 13.2 Å². The fraction of sp³-hybridized carbons (Fsp3) is 0.320. The number of piperidine rings is 1. The van der Waals surface area contributed by atoms with Crippen LogP contribution in [0.2, 0.25) is 0 Å². The van der Waals surface area contributed by atoms with Crippen LogP contribution < -0.4 is 0 Å². The van der Waals surface area contributed by atoms with Crippen molar-refractivity contribution in [1.82, 2.24) is 24.5 Å². The molecule has 0 bridgehead atoms. The number of halogens is 3. The van der Waals surface area contributed by atoms with Crippen LogP contribution >= 0.6 is 0 Å². The number of alkyl halides is 3. The molecule has 0 amide bonds. The summed E-state index contributed by atoms with van der Waals surface area (Å²) in [5.74, 6) is 0.267. The molecule has 4 heterocycles. The largest absolute Gasteiger partial charge is 0.433 e. The lowest BCUT2D eigenvalue weighted by atomic mass is 9.94. The molecule has 3 aromatic heterocycles. The Labute approximate surface area is 189 Å². The van der Waals surface area contributed by atoms with Crippen LogP contribution in [-0.2, 0) is 12.7 Å². The van der Waals surface area contributed by atoms with Crippen LogP contribution in [0.15, 0.2) is 60.9 Å². The van der Waals surface area contributed by atoms with E-state index in [2.05, 4.69) is 39.1 Å². The van der Waals surface area contributed by atoms with Gasteiger partial charge < -0.3 is 0 Å². The maximum absolute atomic E-state index is 13.2. The van der Waals surface area contributed by atoms with E-state index in [0.29, 0.717) is 22.5 Å². The predicted molar refractivity (Wildman–Crippen MR) is 120 cm³/mol. The van der Waals surface area contributed by atoms with Gasteiger partial charge in [-0.25, -0.2) is 9.50 Å². The van der Waals surface area contributed by atoms with Crippen molar-refractivity contribution in [1.29, 1.82) is 0 Å². The van der Waals surface area contributed by atoms with Gasteiger partial charge >= 0.3 is 6.18 Å². The Hall–Kier alpha value is -3.26. The third-order valence-electron chi connectivity index (χ3n) is 6.23. The van der Waals surface area contributed by atoms with Gasteiger partial charge in [0.15, 0.2) is 5.65 Å². The SMILES string of the molecule is Cc1nn2c(C3CCCN(Cc4ccccc4)C3)ccnc2c1-c1ccnc(C(F)(F)F)c1. The Morgan fingerprint density at radius 1 is 1.03 bits per heavy atom. The third-order valence-corrected chi connectivity index (χ3v) is 6.23. The van der Waals surface area contributed by atoms with Crippen LogP contribution in [-0.4, -0.2) is 37.6 Å². The van der Waals surface area contributed by atoms with E-state index < -0.39 is 11.9 Å². The number of hydrogen-bond donors (Lipinski definition) is 0. The van der Waals surface area contributed by atoms with Gasteiger partial charge in [-0.2, -0.15) is 18.3 Å². The lowest BCUT2D eigenvalue weighted by Crippen LogP contribution is -2.34. The molecule has 1 atom stereocenters. The molecule has 0 radical (unpaired) electrons. The van der Waals surface area contributed by atoms with Crippen molar-refractivity contribution in [3.63, 3.8) is 0 Å². The van der Waals surface area contributed by atoms with Crippen molar-refractivity contribution in [2.75, 3.05) is 13.1 Å². The zero-order chi connectivity index (χ0) is 23.0. The van der Waals surface area contributed by atoms with Crippen LogP contribution in [0.4, 0.5) is 13.2 Å². The third kappa shape index (κ3) is 4.35. The summed E-state index contributed by atoms with van der Waals surface area (Å²) in [4.78, 5) is 10.4. The molecule has 33 heavy (non-hydrogen) atoms. The molecule has 1 aliphatic rings. The van der Waals surface area contributed by atoms with Gasteiger partial charge in [-0.15, -0.1) is 0 Å². The molecule has 1 aromatic carbocycles. The smallest absolute Gasteiger partial charge is 0.298 e. The van der Waals surface area contributed by atoms with E-state index >= 15 is 0 Å². The first-order valence-electron chi connectivity index (χ1n) is 11.0. The highest BCUT2D eigenvalue weighted by atomic mass is 19.4. The zero-order valence-electron chi connectivity index (χ0n) is 18.3. The highest BCUT2D eigenvalue weighted by Gasteiger charge is 2.33. The molecule has 0 N–H and O–H groups in total. The van der Waals surface area contributed by atoms with E-state index in [-0.39, 0.29) is 5.92 Å². The maximum Gasteiger partial charge on any atom is 0.433 e. The van der Waals surface area contributed by atoms with Crippen molar-refractivity contribution in [2.24, 2.45) is 0 Å². The quantitative estimate of drug-likeness (QED) is 0.411. The highest BCUT2D eigenvalue weighted by molar-refractivity contribution is 5.80. The Morgan fingerprint density at radius 3 is 2.61 bits per heavy atom. The molecule has 5 nitrogen and oxygen atoms in total. The normalized spacial score (nSPS) is 17.5. The molecule has 1 unspecified atom stereocenters. The molecule has 0 spiro atoms. The molecule has 5 rings (SSSR count). The minimum atomic E-state index is -4.50. The van der Waals surface area contributed by atoms with E-state index in [0.717, 1.165) is 44.2 Å². The number of rotatable bonds is 4. The molecule has 1 aliphatic heterocycles. The summed E-state index contributed by atoms with van der Waals surface area (Å²) in [6.07, 6.45) is 0.528. The Kier molecular flexibility index (Phi) is 5.62. The Morgan fingerprint density at radius 2 is 1.82 bits per heavy atom. The molecule has 0 aliphatic carbocycles. The first kappa shape index (κ1) is 21.6. The summed E-state index contributed by atoms with van der Waals surface area (Å²) < 4.78 is 41.5. The van der Waals surface area contributed by atoms with Gasteiger partial charge in [0, 0.05) is 37.0 Å². The summed E-state index contributed by atoms with van der Waals surface area (Å²) in [5, 5.41) is 4.70. The maximum atomic E-state index is 13.2. The minimum Gasteiger partial charge on any atom is -0.298 e. The summed E-state index contributed by atoms with van der Waals surface area (Å²) in [7, 11) is 0. The average Bonchev–Trinajstić information content (AvgIpc) is 3.15. The molecule has 4 aromatic rings. The van der Waals surface area contributed by atoms with Crippen LogP contribution in [0.5, 0.6) is 0 Å². The second-order valence-corrected chi connectivity index (χ2v) is 8.55. The number of nitrogens with zero attached hydrogens (tertiary/aromatic N) is 5. The fourth-order valence-electron chi connectivity index (χ4n) is 4.74. The van der Waals surface area contributed by atoms with E-state index in [4.69, 9.17) is 5.10 Å². The van der Waals surface area contributed by atoms with Gasteiger partial charge in [0.25, 0.3) is 0 Å². The molecular formula is C25H24F3N5. The van der Waals surface area contributed by atoms with E-state index in [1.165, 1.54) is 11.8 Å². The number of aromatic nitrogens is 4. The number of pyridine rings is 1. The molecule has 8 heteroatoms. The molecule has 1 saturated heterocycles. The summed E-state index contributed by atoms with van der Waals surface area (Å²) >= 11 is 0. The molecular weight excluding hydrogens is 427 g/mol.